The SMILES string of the molecule is C=C(C(/C=C(\C)C#N)=C/C)c1cc(C)ccc1NC.CC.CCCOCCOC(C)CC. The van der Waals surface area contributed by atoms with Crippen LogP contribution in [0.2, 0.25) is 0 Å². The molecule has 180 valence electrons. The minimum atomic E-state index is 0.375. The number of rotatable bonds is 11. The number of benzene rings is 1. The van der Waals surface area contributed by atoms with Gasteiger partial charge in [-0.25, -0.2) is 0 Å². The molecule has 0 saturated heterocycles. The maximum atomic E-state index is 8.89. The van der Waals surface area contributed by atoms with E-state index in [0.717, 1.165) is 55.1 Å². The Morgan fingerprint density at radius 1 is 1.22 bits per heavy atom. The summed E-state index contributed by atoms with van der Waals surface area (Å²) in [7, 11) is 1.90. The van der Waals surface area contributed by atoms with Crippen LogP contribution in [-0.4, -0.2) is 33.0 Å². The van der Waals surface area contributed by atoms with E-state index in [1.165, 1.54) is 5.56 Å². The monoisotopic (exact) mass is 442 g/mol. The fourth-order valence-electron chi connectivity index (χ4n) is 2.56. The van der Waals surface area contributed by atoms with E-state index in [4.69, 9.17) is 14.7 Å². The first-order valence-corrected chi connectivity index (χ1v) is 11.8. The molecule has 1 unspecified atom stereocenters. The lowest BCUT2D eigenvalue weighted by Crippen LogP contribution is -2.11. The summed E-state index contributed by atoms with van der Waals surface area (Å²) in [5.41, 5.74) is 5.86. The number of hydrogen-bond donors (Lipinski definition) is 1. The van der Waals surface area contributed by atoms with Gasteiger partial charge >= 0.3 is 0 Å². The second kappa shape index (κ2) is 20.5. The molecule has 0 bridgehead atoms. The highest BCUT2D eigenvalue weighted by molar-refractivity contribution is 5.86. The zero-order chi connectivity index (χ0) is 24.9. The lowest BCUT2D eigenvalue weighted by atomic mass is 9.95. The maximum absolute atomic E-state index is 8.89. The van der Waals surface area contributed by atoms with Gasteiger partial charge in [0.25, 0.3) is 0 Å². The Hall–Kier alpha value is -2.35. The Morgan fingerprint density at radius 2 is 1.88 bits per heavy atom. The van der Waals surface area contributed by atoms with Gasteiger partial charge in [-0.15, -0.1) is 0 Å². The number of aryl methyl sites for hydroxylation is 1. The number of nitriles is 1. The highest BCUT2D eigenvalue weighted by Crippen LogP contribution is 2.30. The summed E-state index contributed by atoms with van der Waals surface area (Å²) in [6.07, 6.45) is 6.38. The molecule has 0 radical (unpaired) electrons. The van der Waals surface area contributed by atoms with Crippen LogP contribution in [0.4, 0.5) is 5.69 Å². The second-order valence-electron chi connectivity index (χ2n) is 7.16. The Morgan fingerprint density at radius 3 is 2.38 bits per heavy atom. The van der Waals surface area contributed by atoms with Crippen LogP contribution in [0.5, 0.6) is 0 Å². The highest BCUT2D eigenvalue weighted by Gasteiger charge is 2.08. The number of allylic oxidation sites excluding steroid dienone is 5. The largest absolute Gasteiger partial charge is 0.388 e. The topological polar surface area (TPSA) is 54.3 Å². The van der Waals surface area contributed by atoms with Gasteiger partial charge in [-0.2, -0.15) is 5.26 Å². The van der Waals surface area contributed by atoms with Crippen molar-refractivity contribution in [1.82, 2.24) is 0 Å². The van der Waals surface area contributed by atoms with E-state index >= 15 is 0 Å². The molecule has 4 nitrogen and oxygen atoms in total. The Labute approximate surface area is 198 Å². The zero-order valence-corrected chi connectivity index (χ0v) is 22.0. The average Bonchev–Trinajstić information content (AvgIpc) is 2.83. The molecule has 1 aromatic carbocycles. The first kappa shape index (κ1) is 31.8. The predicted molar refractivity (Wildman–Crippen MR) is 141 cm³/mol. The van der Waals surface area contributed by atoms with Crippen molar-refractivity contribution in [1.29, 1.82) is 5.26 Å². The van der Waals surface area contributed by atoms with Crippen LogP contribution >= 0.6 is 0 Å². The summed E-state index contributed by atoms with van der Waals surface area (Å²) in [4.78, 5) is 0. The molecule has 0 spiro atoms. The van der Waals surface area contributed by atoms with Crippen molar-refractivity contribution in [2.24, 2.45) is 0 Å². The minimum Gasteiger partial charge on any atom is -0.388 e. The summed E-state index contributed by atoms with van der Waals surface area (Å²) in [5, 5.41) is 12.1. The standard InChI is InChI=1S/C17H20N2.C9H20O2.C2H6/c1-6-15(9-13(3)11-18)14(4)16-10-12(2)7-8-17(16)19-5;1-4-6-10-7-8-11-9(3)5-2;1-2/h6-10,19H,4H2,1-3,5H3;9H,4-8H2,1-3H3;1-2H3/b13-9+,15-6+;;. The fraction of sp³-hybridized carbons (Fsp3) is 0.536. The molecular weight excluding hydrogens is 396 g/mol. The van der Waals surface area contributed by atoms with E-state index in [2.05, 4.69) is 57.8 Å². The molecule has 1 aromatic rings. The molecular formula is C28H46N2O2. The van der Waals surface area contributed by atoms with Crippen molar-refractivity contribution in [3.8, 4) is 6.07 Å². The second-order valence-corrected chi connectivity index (χ2v) is 7.16. The molecule has 0 aromatic heterocycles. The smallest absolute Gasteiger partial charge is 0.0944 e. The third-order valence-corrected chi connectivity index (χ3v) is 4.53. The van der Waals surface area contributed by atoms with E-state index in [1.54, 1.807) is 6.92 Å². The summed E-state index contributed by atoms with van der Waals surface area (Å²) in [6, 6.07) is 8.35. The molecule has 0 aliphatic heterocycles. The van der Waals surface area contributed by atoms with Gasteiger partial charge in [-0.3, -0.25) is 0 Å². The lowest BCUT2D eigenvalue weighted by Gasteiger charge is -2.14. The molecule has 32 heavy (non-hydrogen) atoms. The van der Waals surface area contributed by atoms with E-state index in [9.17, 15) is 0 Å². The van der Waals surface area contributed by atoms with E-state index in [0.29, 0.717) is 11.7 Å². The molecule has 0 heterocycles. The van der Waals surface area contributed by atoms with Crippen molar-refractivity contribution in [3.63, 3.8) is 0 Å². The van der Waals surface area contributed by atoms with E-state index in [-0.39, 0.29) is 0 Å². The first-order chi connectivity index (χ1) is 15.3. The number of anilines is 1. The summed E-state index contributed by atoms with van der Waals surface area (Å²) in [5.74, 6) is 0. The molecule has 1 atom stereocenters. The first-order valence-electron chi connectivity index (χ1n) is 11.8. The average molecular weight is 443 g/mol. The van der Waals surface area contributed by atoms with Gasteiger partial charge in [-0.1, -0.05) is 52.0 Å². The highest BCUT2D eigenvalue weighted by atomic mass is 16.5. The van der Waals surface area contributed by atoms with Crippen molar-refractivity contribution < 1.29 is 9.47 Å². The van der Waals surface area contributed by atoms with E-state index in [1.807, 2.05) is 46.0 Å². The van der Waals surface area contributed by atoms with Gasteiger partial charge < -0.3 is 14.8 Å². The predicted octanol–water partition coefficient (Wildman–Crippen LogP) is 7.72. The van der Waals surface area contributed by atoms with Crippen LogP contribution in [-0.2, 0) is 9.47 Å². The van der Waals surface area contributed by atoms with Crippen LogP contribution in [0.1, 0.15) is 72.4 Å². The van der Waals surface area contributed by atoms with Crippen molar-refractivity contribution >= 4 is 11.3 Å². The van der Waals surface area contributed by atoms with Crippen LogP contribution in [0, 0.1) is 18.3 Å². The third kappa shape index (κ3) is 13.9. The number of nitrogens with one attached hydrogen (secondary N) is 1. The quantitative estimate of drug-likeness (QED) is 0.216. The van der Waals surface area contributed by atoms with Crippen molar-refractivity contribution in [2.75, 3.05) is 32.2 Å². The Bertz CT molecular complexity index is 742. The summed E-state index contributed by atoms with van der Waals surface area (Å²) in [6.45, 7) is 22.6. The summed E-state index contributed by atoms with van der Waals surface area (Å²) >= 11 is 0. The number of ether oxygens (including phenoxy) is 2. The van der Waals surface area contributed by atoms with Crippen LogP contribution in [0.3, 0.4) is 0 Å². The summed E-state index contributed by atoms with van der Waals surface area (Å²) < 4.78 is 10.7. The van der Waals surface area contributed by atoms with Gasteiger partial charge in [0, 0.05) is 30.5 Å². The van der Waals surface area contributed by atoms with Gasteiger partial charge in [0.15, 0.2) is 0 Å². The van der Waals surface area contributed by atoms with Gasteiger partial charge in [0.2, 0.25) is 0 Å². The molecule has 1 N–H and O–H groups in total. The Balaban J connectivity index is 0. The molecule has 0 aliphatic rings. The van der Waals surface area contributed by atoms with Gasteiger partial charge in [0.05, 0.1) is 25.4 Å². The molecule has 4 heteroatoms. The van der Waals surface area contributed by atoms with Gasteiger partial charge in [-0.05, 0) is 69.9 Å². The zero-order valence-electron chi connectivity index (χ0n) is 22.0. The van der Waals surface area contributed by atoms with Crippen molar-refractivity contribution in [2.45, 2.75) is 74.3 Å². The van der Waals surface area contributed by atoms with Crippen molar-refractivity contribution in [3.05, 3.63) is 59.2 Å². The van der Waals surface area contributed by atoms with Crippen LogP contribution in [0.25, 0.3) is 5.57 Å². The Kier molecular flexibility index (Phi) is 20.4. The number of hydrogen-bond acceptors (Lipinski definition) is 4. The van der Waals surface area contributed by atoms with E-state index < -0.39 is 0 Å². The molecule has 1 rings (SSSR count). The molecule has 0 fully saturated rings. The lowest BCUT2D eigenvalue weighted by molar-refractivity contribution is 0.0113. The molecule has 0 saturated carbocycles. The fourth-order valence-corrected chi connectivity index (χ4v) is 2.56. The molecule has 0 aliphatic carbocycles. The van der Waals surface area contributed by atoms with Crippen LogP contribution in [0.15, 0.2) is 48.1 Å². The molecule has 0 amide bonds. The third-order valence-electron chi connectivity index (χ3n) is 4.53. The normalized spacial score (nSPS) is 11.9. The van der Waals surface area contributed by atoms with Crippen LogP contribution < -0.4 is 5.32 Å². The minimum absolute atomic E-state index is 0.375. The number of nitrogens with zero attached hydrogens (tertiary/aromatic N) is 1. The van der Waals surface area contributed by atoms with Gasteiger partial charge in [0.1, 0.15) is 0 Å². The maximum Gasteiger partial charge on any atom is 0.0944 e.